The fraction of sp³-hybridized carbons (Fsp3) is 0.143. The second kappa shape index (κ2) is 6.81. The average Bonchev–Trinajstić information content (AvgIpc) is 3.08. The van der Waals surface area contributed by atoms with Crippen LogP contribution < -0.4 is 10.6 Å². The smallest absolute Gasteiger partial charge is 0.270 e. The number of halogens is 1. The molecule has 2 heterocycles. The molecule has 2 aromatic rings. The fourth-order valence-corrected chi connectivity index (χ4v) is 2.54. The SMILES string of the molecule is CSC1=NC(=O)C(C(=O)Nc2ccc(-c3cn[nH]n3)c(F)c2)C(=O)N1. The number of hydrogen-bond donors (Lipinski definition) is 3. The van der Waals surface area contributed by atoms with Crippen molar-refractivity contribution in [3.8, 4) is 11.3 Å². The fourth-order valence-electron chi connectivity index (χ4n) is 2.16. The molecule has 0 fully saturated rings. The molecule has 3 rings (SSSR count). The number of amides is 3. The first-order chi connectivity index (χ1) is 12.0. The van der Waals surface area contributed by atoms with E-state index in [4.69, 9.17) is 0 Å². The lowest BCUT2D eigenvalue weighted by Crippen LogP contribution is -2.48. The number of aromatic nitrogens is 3. The molecule has 3 N–H and O–H groups in total. The Balaban J connectivity index is 1.77. The maximum atomic E-state index is 14.2. The quantitative estimate of drug-likeness (QED) is 0.684. The van der Waals surface area contributed by atoms with Crippen molar-refractivity contribution in [3.05, 3.63) is 30.2 Å². The van der Waals surface area contributed by atoms with E-state index in [1.807, 2.05) is 0 Å². The summed E-state index contributed by atoms with van der Waals surface area (Å²) in [6.45, 7) is 0. The second-order valence-electron chi connectivity index (χ2n) is 4.92. The number of aliphatic imine (C=N–C) groups is 1. The van der Waals surface area contributed by atoms with E-state index < -0.39 is 29.5 Å². The van der Waals surface area contributed by atoms with Crippen LogP contribution in [0.15, 0.2) is 29.4 Å². The highest BCUT2D eigenvalue weighted by atomic mass is 32.2. The lowest BCUT2D eigenvalue weighted by Gasteiger charge is -2.18. The van der Waals surface area contributed by atoms with Gasteiger partial charge < -0.3 is 10.6 Å². The van der Waals surface area contributed by atoms with E-state index >= 15 is 0 Å². The summed E-state index contributed by atoms with van der Waals surface area (Å²) in [7, 11) is 0. The molecule has 0 spiro atoms. The maximum Gasteiger partial charge on any atom is 0.270 e. The number of nitrogens with one attached hydrogen (secondary N) is 3. The Hall–Kier alpha value is -3.08. The molecule has 1 aromatic carbocycles. The van der Waals surface area contributed by atoms with E-state index in [2.05, 4.69) is 31.0 Å². The van der Waals surface area contributed by atoms with Crippen LogP contribution in [0.1, 0.15) is 0 Å². The van der Waals surface area contributed by atoms with Crippen molar-refractivity contribution >= 4 is 40.3 Å². The van der Waals surface area contributed by atoms with Crippen molar-refractivity contribution in [1.29, 1.82) is 0 Å². The summed E-state index contributed by atoms with van der Waals surface area (Å²) in [6, 6.07) is 3.88. The molecule has 0 saturated heterocycles. The second-order valence-corrected chi connectivity index (χ2v) is 5.72. The van der Waals surface area contributed by atoms with Gasteiger partial charge in [0.05, 0.1) is 6.20 Å². The molecule has 1 unspecified atom stereocenters. The molecule has 9 nitrogen and oxygen atoms in total. The number of hydrogen-bond acceptors (Lipinski definition) is 6. The molecular formula is C14H11FN6O3S. The number of benzene rings is 1. The number of rotatable bonds is 3. The van der Waals surface area contributed by atoms with Crippen LogP contribution in [0.5, 0.6) is 0 Å². The number of aromatic amines is 1. The first kappa shape index (κ1) is 16.8. The summed E-state index contributed by atoms with van der Waals surface area (Å²) in [5.41, 5.74) is 0.582. The largest absolute Gasteiger partial charge is 0.325 e. The Morgan fingerprint density at radius 3 is 2.76 bits per heavy atom. The van der Waals surface area contributed by atoms with E-state index in [0.29, 0.717) is 5.69 Å². The topological polar surface area (TPSA) is 129 Å². The molecule has 0 bridgehead atoms. The molecule has 1 atom stereocenters. The van der Waals surface area contributed by atoms with Crippen LogP contribution >= 0.6 is 11.8 Å². The third-order valence-corrected chi connectivity index (χ3v) is 3.91. The zero-order chi connectivity index (χ0) is 18.0. The van der Waals surface area contributed by atoms with Gasteiger partial charge in [-0.05, 0) is 24.5 Å². The van der Waals surface area contributed by atoms with Crippen molar-refractivity contribution in [3.63, 3.8) is 0 Å². The van der Waals surface area contributed by atoms with E-state index in [-0.39, 0.29) is 16.4 Å². The third-order valence-electron chi connectivity index (χ3n) is 3.33. The average molecular weight is 362 g/mol. The van der Waals surface area contributed by atoms with Gasteiger partial charge in [-0.25, -0.2) is 4.39 Å². The van der Waals surface area contributed by atoms with Gasteiger partial charge in [-0.3, -0.25) is 14.4 Å². The van der Waals surface area contributed by atoms with Crippen molar-refractivity contribution in [1.82, 2.24) is 20.7 Å². The minimum atomic E-state index is -1.62. The van der Waals surface area contributed by atoms with Crippen LogP contribution in [0, 0.1) is 11.7 Å². The summed E-state index contributed by atoms with van der Waals surface area (Å²) in [6.07, 6.45) is 2.98. The third kappa shape index (κ3) is 3.40. The monoisotopic (exact) mass is 362 g/mol. The van der Waals surface area contributed by atoms with Crippen LogP contribution in [0.4, 0.5) is 10.1 Å². The summed E-state index contributed by atoms with van der Waals surface area (Å²) >= 11 is 1.08. The van der Waals surface area contributed by atoms with Crippen molar-refractivity contribution in [2.45, 2.75) is 0 Å². The predicted molar refractivity (Wildman–Crippen MR) is 88.0 cm³/mol. The minimum Gasteiger partial charge on any atom is -0.325 e. The summed E-state index contributed by atoms with van der Waals surface area (Å²) in [5, 5.41) is 14.5. The molecule has 11 heteroatoms. The Morgan fingerprint density at radius 2 is 2.16 bits per heavy atom. The maximum absolute atomic E-state index is 14.2. The van der Waals surface area contributed by atoms with Crippen molar-refractivity contribution in [2.75, 3.05) is 11.6 Å². The zero-order valence-electron chi connectivity index (χ0n) is 12.7. The lowest BCUT2D eigenvalue weighted by molar-refractivity contribution is -0.139. The van der Waals surface area contributed by atoms with Crippen LogP contribution in [0.3, 0.4) is 0 Å². The van der Waals surface area contributed by atoms with Crippen LogP contribution in [-0.2, 0) is 14.4 Å². The zero-order valence-corrected chi connectivity index (χ0v) is 13.6. The Labute approximate surface area is 144 Å². The summed E-state index contributed by atoms with van der Waals surface area (Å²) < 4.78 is 14.2. The van der Waals surface area contributed by atoms with Crippen molar-refractivity contribution < 1.29 is 18.8 Å². The van der Waals surface area contributed by atoms with Gasteiger partial charge in [0.15, 0.2) is 11.1 Å². The molecule has 1 aromatic heterocycles. The molecular weight excluding hydrogens is 351 g/mol. The first-order valence-corrected chi connectivity index (χ1v) is 8.16. The van der Waals surface area contributed by atoms with Crippen LogP contribution in [-0.4, -0.2) is 44.6 Å². The summed E-state index contributed by atoms with van der Waals surface area (Å²) in [4.78, 5) is 39.6. The predicted octanol–water partition coefficient (Wildman–Crippen LogP) is 0.541. The number of amidine groups is 1. The molecule has 25 heavy (non-hydrogen) atoms. The van der Waals surface area contributed by atoms with Gasteiger partial charge in [0.1, 0.15) is 11.5 Å². The van der Waals surface area contributed by atoms with E-state index in [0.717, 1.165) is 17.8 Å². The Morgan fingerprint density at radius 1 is 1.36 bits per heavy atom. The van der Waals surface area contributed by atoms with Gasteiger partial charge in [-0.2, -0.15) is 20.4 Å². The van der Waals surface area contributed by atoms with Crippen LogP contribution in [0.25, 0.3) is 11.3 Å². The van der Waals surface area contributed by atoms with Gasteiger partial charge in [-0.1, -0.05) is 11.8 Å². The number of carbonyl (C=O) groups excluding carboxylic acids is 3. The van der Waals surface area contributed by atoms with Crippen molar-refractivity contribution in [2.24, 2.45) is 10.9 Å². The molecule has 0 aliphatic carbocycles. The van der Waals surface area contributed by atoms with E-state index in [9.17, 15) is 18.8 Å². The highest BCUT2D eigenvalue weighted by Crippen LogP contribution is 2.23. The summed E-state index contributed by atoms with van der Waals surface area (Å²) in [5.74, 6) is -4.80. The molecule has 1 aliphatic heterocycles. The Bertz CT molecular complexity index is 883. The molecule has 128 valence electrons. The highest BCUT2D eigenvalue weighted by Gasteiger charge is 2.38. The van der Waals surface area contributed by atoms with Gasteiger partial charge in [0.25, 0.3) is 5.91 Å². The van der Waals surface area contributed by atoms with Gasteiger partial charge in [0, 0.05) is 11.3 Å². The normalized spacial score (nSPS) is 17.0. The molecule has 0 radical (unpaired) electrons. The van der Waals surface area contributed by atoms with Crippen LogP contribution in [0.2, 0.25) is 0 Å². The number of thioether (sulfide) groups is 1. The first-order valence-electron chi connectivity index (χ1n) is 6.93. The molecule has 0 saturated carbocycles. The van der Waals surface area contributed by atoms with E-state index in [1.54, 1.807) is 6.26 Å². The Kier molecular flexibility index (Phi) is 4.57. The van der Waals surface area contributed by atoms with Gasteiger partial charge in [-0.15, -0.1) is 0 Å². The van der Waals surface area contributed by atoms with Gasteiger partial charge in [0.2, 0.25) is 11.8 Å². The number of carbonyl (C=O) groups is 3. The molecule has 1 aliphatic rings. The van der Waals surface area contributed by atoms with Gasteiger partial charge >= 0.3 is 0 Å². The standard InChI is InChI=1S/C14H11FN6O3S/c1-25-14-18-12(23)10(13(24)19-14)11(22)17-6-2-3-7(8(15)4-6)9-5-16-21-20-9/h2-5,10H,1H3,(H,17,22)(H,16,20,21)(H,18,19,23,24). The lowest BCUT2D eigenvalue weighted by atomic mass is 10.1. The number of nitrogens with zero attached hydrogens (tertiary/aromatic N) is 3. The van der Waals surface area contributed by atoms with E-state index in [1.165, 1.54) is 18.3 Å². The highest BCUT2D eigenvalue weighted by molar-refractivity contribution is 8.13. The number of H-pyrrole nitrogens is 1. The minimum absolute atomic E-state index is 0.0926. The molecule has 3 amide bonds. The number of anilines is 1.